The predicted molar refractivity (Wildman–Crippen MR) is 94.2 cm³/mol. The summed E-state index contributed by atoms with van der Waals surface area (Å²) in [6, 6.07) is 0. The van der Waals surface area contributed by atoms with E-state index in [9.17, 15) is 9.59 Å². The molecule has 0 aromatic heterocycles. The zero-order valence-electron chi connectivity index (χ0n) is 16.5. The summed E-state index contributed by atoms with van der Waals surface area (Å²) in [5.74, 6) is 0. The molecule has 0 spiro atoms. The summed E-state index contributed by atoms with van der Waals surface area (Å²) in [7, 11) is 0. The third-order valence-corrected chi connectivity index (χ3v) is 3.42. The lowest BCUT2D eigenvalue weighted by atomic mass is 10.2. The van der Waals surface area contributed by atoms with E-state index in [4.69, 9.17) is 18.9 Å². The number of hydrogen-bond acceptors (Lipinski definition) is 8. The number of ether oxygens (including phenoxy) is 4. The molecule has 0 heterocycles. The van der Waals surface area contributed by atoms with Gasteiger partial charge in [-0.3, -0.25) is 0 Å². The third kappa shape index (κ3) is 13.7. The Morgan fingerprint density at radius 1 is 0.654 bits per heavy atom. The highest BCUT2D eigenvalue weighted by molar-refractivity contribution is 5.63. The molecule has 26 heavy (non-hydrogen) atoms. The first kappa shape index (κ1) is 24.5. The van der Waals surface area contributed by atoms with Crippen LogP contribution >= 0.6 is 0 Å². The Hall–Kier alpha value is -1.54. The van der Waals surface area contributed by atoms with Gasteiger partial charge >= 0.3 is 12.3 Å². The monoisotopic (exact) mass is 378 g/mol. The van der Waals surface area contributed by atoms with Crippen molar-refractivity contribution >= 4 is 12.3 Å². The van der Waals surface area contributed by atoms with Crippen molar-refractivity contribution in [2.45, 2.75) is 91.6 Å². The van der Waals surface area contributed by atoms with Crippen molar-refractivity contribution in [3.05, 3.63) is 0 Å². The van der Waals surface area contributed by atoms with Crippen LogP contribution in [0.3, 0.4) is 0 Å². The van der Waals surface area contributed by atoms with Crippen LogP contribution in [0.15, 0.2) is 0 Å². The Morgan fingerprint density at radius 2 is 1.04 bits per heavy atom. The highest BCUT2D eigenvalue weighted by atomic mass is 17.3. The predicted octanol–water partition coefficient (Wildman–Crippen LogP) is 5.09. The van der Waals surface area contributed by atoms with E-state index < -0.39 is 24.9 Å². The van der Waals surface area contributed by atoms with Crippen molar-refractivity contribution in [3.8, 4) is 0 Å². The van der Waals surface area contributed by atoms with E-state index in [1.807, 2.05) is 0 Å². The highest BCUT2D eigenvalue weighted by Crippen LogP contribution is 2.11. The van der Waals surface area contributed by atoms with Gasteiger partial charge in [-0.15, -0.1) is 0 Å². The summed E-state index contributed by atoms with van der Waals surface area (Å²) in [5.41, 5.74) is 0. The smallest absolute Gasteiger partial charge is 0.402 e. The van der Waals surface area contributed by atoms with E-state index in [1.165, 1.54) is 0 Å². The van der Waals surface area contributed by atoms with Crippen molar-refractivity contribution in [1.82, 2.24) is 0 Å². The lowest BCUT2D eigenvalue weighted by Gasteiger charge is -2.17. The average Bonchev–Trinajstić information content (AvgIpc) is 2.60. The van der Waals surface area contributed by atoms with Crippen LogP contribution in [0.5, 0.6) is 0 Å². The minimum atomic E-state index is -1.16. The molecule has 8 heteroatoms. The van der Waals surface area contributed by atoms with Crippen LogP contribution in [0.1, 0.15) is 79.1 Å². The Bertz CT molecular complexity index is 327. The van der Waals surface area contributed by atoms with Gasteiger partial charge in [0.15, 0.2) is 0 Å². The van der Waals surface area contributed by atoms with E-state index in [1.54, 1.807) is 13.8 Å². The molecule has 0 aromatic carbocycles. The van der Waals surface area contributed by atoms with Crippen LogP contribution in [0, 0.1) is 0 Å². The highest BCUT2D eigenvalue weighted by Gasteiger charge is 2.21. The van der Waals surface area contributed by atoms with Gasteiger partial charge in [-0.2, -0.15) is 19.4 Å². The molecule has 0 rings (SSSR count). The number of hydrogen-bond donors (Lipinski definition) is 0. The van der Waals surface area contributed by atoms with Gasteiger partial charge in [0.2, 0.25) is 12.6 Å². The molecule has 0 aliphatic rings. The zero-order valence-corrected chi connectivity index (χ0v) is 16.5. The fourth-order valence-electron chi connectivity index (χ4n) is 2.17. The molecule has 0 aliphatic heterocycles. The van der Waals surface area contributed by atoms with E-state index in [0.717, 1.165) is 38.5 Å². The van der Waals surface area contributed by atoms with Crippen LogP contribution in [0.25, 0.3) is 0 Å². The second-order valence-electron chi connectivity index (χ2n) is 5.66. The second-order valence-corrected chi connectivity index (χ2v) is 5.66. The first-order valence-electron chi connectivity index (χ1n) is 9.56. The number of carbonyl (C=O) groups is 2. The standard InChI is InChI=1S/C18H34O8/c1-5-9-11-13-15(21-7-3)23-17(19)25-26-18(20)24-16(22-8-4)14-12-10-6-2/h15-16H,5-14H2,1-4H3. The summed E-state index contributed by atoms with van der Waals surface area (Å²) < 4.78 is 20.6. The van der Waals surface area contributed by atoms with E-state index in [0.29, 0.717) is 26.1 Å². The quantitative estimate of drug-likeness (QED) is 0.136. The van der Waals surface area contributed by atoms with Crippen LogP contribution in [0.2, 0.25) is 0 Å². The average molecular weight is 378 g/mol. The minimum Gasteiger partial charge on any atom is -0.402 e. The van der Waals surface area contributed by atoms with Crippen molar-refractivity contribution < 1.29 is 38.3 Å². The van der Waals surface area contributed by atoms with Crippen LogP contribution in [-0.4, -0.2) is 38.1 Å². The topological polar surface area (TPSA) is 89.5 Å². The maximum atomic E-state index is 11.6. The van der Waals surface area contributed by atoms with Crippen LogP contribution in [0.4, 0.5) is 9.59 Å². The molecular formula is C18H34O8. The Kier molecular flexibility index (Phi) is 15.9. The van der Waals surface area contributed by atoms with E-state index in [-0.39, 0.29) is 0 Å². The Balaban J connectivity index is 4.17. The molecule has 0 radical (unpaired) electrons. The summed E-state index contributed by atoms with van der Waals surface area (Å²) in [5, 5.41) is 0. The van der Waals surface area contributed by atoms with Crippen molar-refractivity contribution in [3.63, 3.8) is 0 Å². The molecule has 154 valence electrons. The van der Waals surface area contributed by atoms with Gasteiger partial charge in [0.05, 0.1) is 0 Å². The van der Waals surface area contributed by atoms with E-state index >= 15 is 0 Å². The number of unbranched alkanes of at least 4 members (excludes halogenated alkanes) is 4. The second kappa shape index (κ2) is 16.9. The SMILES string of the molecule is CCCCCC(OCC)OC(=O)OOC(=O)OC(CCCCC)OCC. The van der Waals surface area contributed by atoms with Gasteiger partial charge in [0.25, 0.3) is 0 Å². The third-order valence-electron chi connectivity index (χ3n) is 3.42. The molecular weight excluding hydrogens is 344 g/mol. The molecule has 2 atom stereocenters. The first-order chi connectivity index (χ1) is 12.6. The number of rotatable bonds is 14. The molecule has 0 saturated heterocycles. The van der Waals surface area contributed by atoms with Gasteiger partial charge < -0.3 is 18.9 Å². The van der Waals surface area contributed by atoms with Crippen molar-refractivity contribution in [1.29, 1.82) is 0 Å². The maximum absolute atomic E-state index is 11.6. The molecule has 0 aliphatic carbocycles. The van der Waals surface area contributed by atoms with E-state index in [2.05, 4.69) is 23.6 Å². The van der Waals surface area contributed by atoms with Gasteiger partial charge in [-0.1, -0.05) is 39.5 Å². The Morgan fingerprint density at radius 3 is 1.35 bits per heavy atom. The largest absolute Gasteiger partial charge is 0.552 e. The lowest BCUT2D eigenvalue weighted by Crippen LogP contribution is -2.25. The molecule has 0 saturated carbocycles. The molecule has 8 nitrogen and oxygen atoms in total. The van der Waals surface area contributed by atoms with Crippen molar-refractivity contribution in [2.24, 2.45) is 0 Å². The molecule has 0 fully saturated rings. The molecule has 0 aromatic rings. The van der Waals surface area contributed by atoms with Crippen LogP contribution < -0.4 is 0 Å². The fourth-order valence-corrected chi connectivity index (χ4v) is 2.17. The number of carbonyl (C=O) groups excluding carboxylic acids is 2. The normalized spacial score (nSPS) is 12.9. The van der Waals surface area contributed by atoms with Gasteiger partial charge in [-0.05, 0) is 26.7 Å². The maximum Gasteiger partial charge on any atom is 0.552 e. The summed E-state index contributed by atoms with van der Waals surface area (Å²) in [4.78, 5) is 31.8. The van der Waals surface area contributed by atoms with Crippen LogP contribution in [-0.2, 0) is 28.7 Å². The van der Waals surface area contributed by atoms with Crippen molar-refractivity contribution in [2.75, 3.05) is 13.2 Å². The zero-order chi connectivity index (χ0) is 19.6. The fraction of sp³-hybridized carbons (Fsp3) is 0.889. The van der Waals surface area contributed by atoms with Gasteiger partial charge in [-0.25, -0.2) is 0 Å². The summed E-state index contributed by atoms with van der Waals surface area (Å²) >= 11 is 0. The summed E-state index contributed by atoms with van der Waals surface area (Å²) in [6.45, 7) is 8.51. The molecule has 0 N–H and O–H groups in total. The van der Waals surface area contributed by atoms with Gasteiger partial charge in [0.1, 0.15) is 0 Å². The summed E-state index contributed by atoms with van der Waals surface area (Å²) in [6.07, 6.45) is 3.10. The molecule has 0 bridgehead atoms. The first-order valence-corrected chi connectivity index (χ1v) is 9.56. The lowest BCUT2D eigenvalue weighted by molar-refractivity contribution is -0.249. The molecule has 2 unspecified atom stereocenters. The van der Waals surface area contributed by atoms with Gasteiger partial charge in [0, 0.05) is 26.1 Å². The Labute approximate surface area is 156 Å². The minimum absolute atomic E-state index is 0.390. The molecule has 0 amide bonds.